The van der Waals surface area contributed by atoms with Crippen molar-refractivity contribution in [1.82, 2.24) is 0 Å². The van der Waals surface area contributed by atoms with Gasteiger partial charge in [-0.1, -0.05) is 54.1 Å². The smallest absolute Gasteiger partial charge is 0.359 e. The number of halogens is 3. The molecule has 0 bridgehead atoms. The summed E-state index contributed by atoms with van der Waals surface area (Å²) < 4.78 is 33.6. The highest BCUT2D eigenvalue weighted by molar-refractivity contribution is 8.00. The number of allylic oxidation sites excluding steroid dienone is 1. The first-order chi connectivity index (χ1) is 13.2. The van der Waals surface area contributed by atoms with Gasteiger partial charge in [0.15, 0.2) is 6.10 Å². The van der Waals surface area contributed by atoms with Gasteiger partial charge in [-0.3, -0.25) is 4.79 Å². The SMILES string of the molecule is C=CC[C@@H](Sc1ccc(C)cc1)[C@@H](OC(=O)[C@H](C)c1ccccc1)C(F)(F)Cl. The Labute approximate surface area is 173 Å². The van der Waals surface area contributed by atoms with Gasteiger partial charge < -0.3 is 4.74 Å². The molecule has 2 nitrogen and oxygen atoms in total. The second kappa shape index (κ2) is 10.1. The van der Waals surface area contributed by atoms with E-state index in [0.717, 1.165) is 10.5 Å². The Morgan fingerprint density at radius 1 is 1.21 bits per heavy atom. The van der Waals surface area contributed by atoms with Crippen LogP contribution in [0, 0.1) is 6.92 Å². The molecule has 0 heterocycles. The van der Waals surface area contributed by atoms with Gasteiger partial charge in [0, 0.05) is 4.90 Å². The van der Waals surface area contributed by atoms with Gasteiger partial charge in [0.25, 0.3) is 0 Å². The van der Waals surface area contributed by atoms with E-state index in [2.05, 4.69) is 6.58 Å². The molecule has 0 N–H and O–H groups in total. The summed E-state index contributed by atoms with van der Waals surface area (Å²) in [5.41, 5.74) is 1.75. The normalized spacial score (nSPS) is 14.8. The zero-order chi connectivity index (χ0) is 20.7. The van der Waals surface area contributed by atoms with Crippen LogP contribution in [0.15, 0.2) is 72.1 Å². The summed E-state index contributed by atoms with van der Waals surface area (Å²) in [6.45, 7) is 7.21. The summed E-state index contributed by atoms with van der Waals surface area (Å²) >= 11 is 6.55. The van der Waals surface area contributed by atoms with Gasteiger partial charge in [-0.05, 0) is 49.6 Å². The molecule has 2 aromatic rings. The van der Waals surface area contributed by atoms with E-state index < -0.39 is 28.6 Å². The number of esters is 1. The number of thioether (sulfide) groups is 1. The lowest BCUT2D eigenvalue weighted by Gasteiger charge is -2.30. The molecule has 2 aromatic carbocycles. The number of hydrogen-bond acceptors (Lipinski definition) is 3. The number of benzene rings is 2. The van der Waals surface area contributed by atoms with Crippen molar-refractivity contribution in [3.63, 3.8) is 0 Å². The van der Waals surface area contributed by atoms with Crippen LogP contribution in [-0.4, -0.2) is 22.7 Å². The molecule has 0 saturated heterocycles. The highest BCUT2D eigenvalue weighted by Crippen LogP contribution is 2.39. The minimum atomic E-state index is -3.71. The number of hydrogen-bond donors (Lipinski definition) is 0. The van der Waals surface area contributed by atoms with Crippen molar-refractivity contribution in [3.8, 4) is 0 Å². The predicted octanol–water partition coefficient (Wildman–Crippen LogP) is 6.58. The Hall–Kier alpha value is -1.85. The summed E-state index contributed by atoms with van der Waals surface area (Å²) in [6, 6.07) is 16.3. The summed E-state index contributed by atoms with van der Waals surface area (Å²) in [5.74, 6) is -1.42. The molecule has 0 aliphatic rings. The van der Waals surface area contributed by atoms with Gasteiger partial charge >= 0.3 is 11.4 Å². The molecule has 0 saturated carbocycles. The number of ether oxygens (including phenoxy) is 1. The standard InChI is InChI=1S/C22H23ClF2O2S/c1-4-8-19(28-18-13-11-15(2)12-14-18)20(22(23,24)25)27-21(26)16(3)17-9-6-5-7-10-17/h4-7,9-14,16,19-20H,1,8H2,2-3H3/t16-,19-,20-/m1/s1. The number of alkyl halides is 3. The number of carbonyl (C=O) groups excluding carboxylic acids is 1. The van der Waals surface area contributed by atoms with Crippen molar-refractivity contribution >= 4 is 29.3 Å². The Balaban J connectivity index is 2.22. The Morgan fingerprint density at radius 3 is 2.36 bits per heavy atom. The monoisotopic (exact) mass is 424 g/mol. The van der Waals surface area contributed by atoms with E-state index in [1.54, 1.807) is 31.2 Å². The van der Waals surface area contributed by atoms with Crippen LogP contribution in [0.25, 0.3) is 0 Å². The van der Waals surface area contributed by atoms with Crippen molar-refractivity contribution in [1.29, 1.82) is 0 Å². The van der Waals surface area contributed by atoms with Crippen LogP contribution in [0.4, 0.5) is 8.78 Å². The Kier molecular flexibility index (Phi) is 8.08. The quantitative estimate of drug-likeness (QED) is 0.197. The maximum atomic E-state index is 14.2. The van der Waals surface area contributed by atoms with Crippen molar-refractivity contribution in [2.45, 2.75) is 47.8 Å². The minimum absolute atomic E-state index is 0.207. The average Bonchev–Trinajstić information content (AvgIpc) is 2.66. The van der Waals surface area contributed by atoms with Crippen LogP contribution < -0.4 is 0 Å². The van der Waals surface area contributed by atoms with E-state index >= 15 is 0 Å². The highest BCUT2D eigenvalue weighted by atomic mass is 35.5. The third-order valence-electron chi connectivity index (χ3n) is 4.26. The molecule has 0 unspecified atom stereocenters. The Bertz CT molecular complexity index is 775. The molecule has 0 radical (unpaired) electrons. The molecular weight excluding hydrogens is 402 g/mol. The summed E-state index contributed by atoms with van der Waals surface area (Å²) in [4.78, 5) is 13.3. The topological polar surface area (TPSA) is 26.3 Å². The molecule has 6 heteroatoms. The molecule has 2 rings (SSSR count). The number of carbonyl (C=O) groups is 1. The summed E-state index contributed by atoms with van der Waals surface area (Å²) in [7, 11) is 0. The largest absolute Gasteiger partial charge is 0.453 e. The molecule has 150 valence electrons. The van der Waals surface area contributed by atoms with Crippen LogP contribution in [0.5, 0.6) is 0 Å². The fourth-order valence-electron chi connectivity index (χ4n) is 2.65. The molecule has 28 heavy (non-hydrogen) atoms. The van der Waals surface area contributed by atoms with E-state index in [9.17, 15) is 13.6 Å². The highest BCUT2D eigenvalue weighted by Gasteiger charge is 2.46. The molecule has 0 amide bonds. The van der Waals surface area contributed by atoms with Gasteiger partial charge in [0.05, 0.1) is 11.2 Å². The zero-order valence-corrected chi connectivity index (χ0v) is 17.4. The van der Waals surface area contributed by atoms with E-state index in [1.165, 1.54) is 17.8 Å². The molecule has 3 atom stereocenters. The fraction of sp³-hybridized carbons (Fsp3) is 0.318. The Morgan fingerprint density at radius 2 is 1.82 bits per heavy atom. The van der Waals surface area contributed by atoms with Gasteiger partial charge in [-0.15, -0.1) is 18.3 Å². The second-order valence-electron chi connectivity index (χ2n) is 6.53. The maximum Gasteiger partial charge on any atom is 0.359 e. The fourth-order valence-corrected chi connectivity index (χ4v) is 4.14. The first-order valence-corrected chi connectivity index (χ1v) is 10.1. The first kappa shape index (κ1) is 22.4. The van der Waals surface area contributed by atoms with Crippen LogP contribution in [0.3, 0.4) is 0 Å². The van der Waals surface area contributed by atoms with Crippen LogP contribution in [0.1, 0.15) is 30.4 Å². The lowest BCUT2D eigenvalue weighted by atomic mass is 10.0. The van der Waals surface area contributed by atoms with Crippen molar-refractivity contribution in [2.75, 3.05) is 0 Å². The lowest BCUT2D eigenvalue weighted by Crippen LogP contribution is -2.42. The summed E-state index contributed by atoms with van der Waals surface area (Å²) in [5, 5.41) is -4.49. The summed E-state index contributed by atoms with van der Waals surface area (Å²) in [6.07, 6.45) is -0.0637. The van der Waals surface area contributed by atoms with E-state index in [1.807, 2.05) is 37.3 Å². The van der Waals surface area contributed by atoms with Gasteiger partial charge in [-0.2, -0.15) is 8.78 Å². The van der Waals surface area contributed by atoms with Crippen LogP contribution in [-0.2, 0) is 9.53 Å². The molecule has 0 aliphatic carbocycles. The molecule has 0 aromatic heterocycles. The van der Waals surface area contributed by atoms with Crippen molar-refractivity contribution < 1.29 is 18.3 Å². The molecule has 0 fully saturated rings. The van der Waals surface area contributed by atoms with Crippen molar-refractivity contribution in [3.05, 3.63) is 78.4 Å². The predicted molar refractivity (Wildman–Crippen MR) is 111 cm³/mol. The van der Waals surface area contributed by atoms with Gasteiger partial charge in [0.2, 0.25) is 0 Å². The number of aryl methyl sites for hydroxylation is 1. The van der Waals surface area contributed by atoms with E-state index in [4.69, 9.17) is 16.3 Å². The van der Waals surface area contributed by atoms with Crippen LogP contribution in [0.2, 0.25) is 0 Å². The minimum Gasteiger partial charge on any atom is -0.453 e. The van der Waals surface area contributed by atoms with Gasteiger partial charge in [-0.25, -0.2) is 0 Å². The first-order valence-electron chi connectivity index (χ1n) is 8.88. The van der Waals surface area contributed by atoms with E-state index in [0.29, 0.717) is 5.56 Å². The van der Waals surface area contributed by atoms with Crippen molar-refractivity contribution in [2.24, 2.45) is 0 Å². The third kappa shape index (κ3) is 6.35. The molecule has 0 spiro atoms. The van der Waals surface area contributed by atoms with Gasteiger partial charge in [0.1, 0.15) is 0 Å². The zero-order valence-electron chi connectivity index (χ0n) is 15.8. The molecule has 0 aliphatic heterocycles. The maximum absolute atomic E-state index is 14.2. The second-order valence-corrected chi connectivity index (χ2v) is 8.34. The third-order valence-corrected chi connectivity index (χ3v) is 5.77. The lowest BCUT2D eigenvalue weighted by molar-refractivity contribution is -0.162. The van der Waals surface area contributed by atoms with E-state index in [-0.39, 0.29) is 6.42 Å². The average molecular weight is 425 g/mol. The number of rotatable bonds is 9. The van der Waals surface area contributed by atoms with Crippen LogP contribution >= 0.6 is 23.4 Å². The molecular formula is C22H23ClF2O2S.